The maximum atomic E-state index is 13.6. The number of hydrogen-bond acceptors (Lipinski definition) is 4. The largest absolute Gasteiger partial charge is 0.357 e. The van der Waals surface area contributed by atoms with Gasteiger partial charge in [-0.2, -0.15) is 0 Å². The van der Waals surface area contributed by atoms with Gasteiger partial charge in [0, 0.05) is 11.9 Å². The van der Waals surface area contributed by atoms with Crippen LogP contribution in [-0.2, 0) is 0 Å². The molecule has 0 spiro atoms. The number of hydrogen-bond donors (Lipinski definition) is 1. The first kappa shape index (κ1) is 12.8. The molecule has 0 unspecified atom stereocenters. The van der Waals surface area contributed by atoms with E-state index in [1.54, 1.807) is 7.05 Å². The normalized spacial score (nSPS) is 10.4. The van der Waals surface area contributed by atoms with Crippen molar-refractivity contribution in [3.05, 3.63) is 41.3 Å². The average Bonchev–Trinajstić information content (AvgIpc) is 2.35. The van der Waals surface area contributed by atoms with Crippen LogP contribution >= 0.6 is 11.8 Å². The van der Waals surface area contributed by atoms with E-state index < -0.39 is 5.82 Å². The number of halogens is 1. The summed E-state index contributed by atoms with van der Waals surface area (Å²) in [6.07, 6.45) is 1.19. The Bertz CT molecular complexity index is 572. The van der Waals surface area contributed by atoms with E-state index >= 15 is 0 Å². The van der Waals surface area contributed by atoms with Crippen molar-refractivity contribution in [3.8, 4) is 0 Å². The molecule has 2 aromatic rings. The third kappa shape index (κ3) is 2.79. The fraction of sp³-hybridized carbons (Fsp3) is 0.231. The number of aryl methyl sites for hydroxylation is 2. The van der Waals surface area contributed by atoms with Gasteiger partial charge in [0.1, 0.15) is 5.03 Å². The van der Waals surface area contributed by atoms with E-state index in [1.807, 2.05) is 26.0 Å². The third-order valence-corrected chi connectivity index (χ3v) is 3.63. The van der Waals surface area contributed by atoms with Gasteiger partial charge in [-0.3, -0.25) is 0 Å². The van der Waals surface area contributed by atoms with Gasteiger partial charge in [0.05, 0.1) is 6.20 Å². The molecular weight excluding hydrogens is 249 g/mol. The lowest BCUT2D eigenvalue weighted by Gasteiger charge is -2.07. The monoisotopic (exact) mass is 263 g/mol. The van der Waals surface area contributed by atoms with Gasteiger partial charge in [-0.15, -0.1) is 0 Å². The molecule has 1 heterocycles. The van der Waals surface area contributed by atoms with Crippen molar-refractivity contribution in [1.29, 1.82) is 0 Å². The topological polar surface area (TPSA) is 37.8 Å². The highest BCUT2D eigenvalue weighted by atomic mass is 32.2. The molecule has 0 radical (unpaired) electrons. The fourth-order valence-electron chi connectivity index (χ4n) is 1.56. The minimum atomic E-state index is -0.404. The molecule has 18 heavy (non-hydrogen) atoms. The van der Waals surface area contributed by atoms with E-state index in [4.69, 9.17) is 0 Å². The van der Waals surface area contributed by atoms with Gasteiger partial charge in [-0.05, 0) is 25.5 Å². The minimum absolute atomic E-state index is 0.335. The van der Waals surface area contributed by atoms with Gasteiger partial charge in [0.2, 0.25) is 5.95 Å². The maximum absolute atomic E-state index is 13.6. The van der Waals surface area contributed by atoms with Crippen LogP contribution in [0.3, 0.4) is 0 Å². The van der Waals surface area contributed by atoms with E-state index in [2.05, 4.69) is 21.4 Å². The quantitative estimate of drug-likeness (QED) is 0.861. The van der Waals surface area contributed by atoms with E-state index in [9.17, 15) is 4.39 Å². The smallest absolute Gasteiger partial charge is 0.223 e. The zero-order valence-electron chi connectivity index (χ0n) is 10.5. The van der Waals surface area contributed by atoms with Crippen LogP contribution in [0.5, 0.6) is 0 Å². The van der Waals surface area contributed by atoms with E-state index in [0.717, 1.165) is 10.5 Å². The van der Waals surface area contributed by atoms with Crippen molar-refractivity contribution < 1.29 is 4.39 Å². The number of benzene rings is 1. The first-order valence-corrected chi connectivity index (χ1v) is 6.37. The summed E-state index contributed by atoms with van der Waals surface area (Å²) < 4.78 is 13.6. The molecule has 0 aliphatic heterocycles. The predicted molar refractivity (Wildman–Crippen MR) is 71.6 cm³/mol. The van der Waals surface area contributed by atoms with Gasteiger partial charge in [-0.1, -0.05) is 29.5 Å². The van der Waals surface area contributed by atoms with Gasteiger partial charge in [0.25, 0.3) is 0 Å². The van der Waals surface area contributed by atoms with E-state index in [0.29, 0.717) is 11.0 Å². The molecule has 1 aromatic carbocycles. The SMILES string of the molecule is CNc1ncc(F)c(Sc2ccc(C)cc2C)n1. The number of aromatic nitrogens is 2. The molecule has 1 aromatic heterocycles. The van der Waals surface area contributed by atoms with Gasteiger partial charge >= 0.3 is 0 Å². The van der Waals surface area contributed by atoms with Crippen molar-refractivity contribution >= 4 is 17.7 Å². The lowest BCUT2D eigenvalue weighted by atomic mass is 10.2. The van der Waals surface area contributed by atoms with Crippen molar-refractivity contribution in [2.75, 3.05) is 12.4 Å². The van der Waals surface area contributed by atoms with Crippen molar-refractivity contribution in [2.45, 2.75) is 23.8 Å². The summed E-state index contributed by atoms with van der Waals surface area (Å²) in [5, 5.41) is 3.14. The molecular formula is C13H14FN3S. The molecule has 1 N–H and O–H groups in total. The molecule has 0 aliphatic carbocycles. The number of nitrogens with zero attached hydrogens (tertiary/aromatic N) is 2. The predicted octanol–water partition coefficient (Wildman–Crippen LogP) is 3.43. The second-order valence-corrected chi connectivity index (χ2v) is 5.00. The van der Waals surface area contributed by atoms with Crippen molar-refractivity contribution in [1.82, 2.24) is 9.97 Å². The molecule has 0 saturated heterocycles. The van der Waals surface area contributed by atoms with Crippen LogP contribution in [0.15, 0.2) is 34.3 Å². The minimum Gasteiger partial charge on any atom is -0.357 e. The van der Waals surface area contributed by atoms with Crippen LogP contribution in [0.1, 0.15) is 11.1 Å². The standard InChI is InChI=1S/C13H14FN3S/c1-8-4-5-11(9(2)6-8)18-12-10(14)7-16-13(15-3)17-12/h4-7H,1-3H3,(H,15,16,17). The molecule has 0 atom stereocenters. The maximum Gasteiger partial charge on any atom is 0.223 e. The van der Waals surface area contributed by atoms with Crippen LogP contribution in [-0.4, -0.2) is 17.0 Å². The number of nitrogens with one attached hydrogen (secondary N) is 1. The summed E-state index contributed by atoms with van der Waals surface area (Å²) in [5.41, 5.74) is 2.31. The summed E-state index contributed by atoms with van der Waals surface area (Å²) in [5.74, 6) is 0.0163. The summed E-state index contributed by atoms with van der Waals surface area (Å²) in [4.78, 5) is 8.94. The average molecular weight is 263 g/mol. The van der Waals surface area contributed by atoms with E-state index in [-0.39, 0.29) is 0 Å². The lowest BCUT2D eigenvalue weighted by Crippen LogP contribution is -1.99. The lowest BCUT2D eigenvalue weighted by molar-refractivity contribution is 0.580. The summed E-state index contributed by atoms with van der Waals surface area (Å²) >= 11 is 1.31. The molecule has 0 amide bonds. The second-order valence-electron chi connectivity index (χ2n) is 3.97. The van der Waals surface area contributed by atoms with Gasteiger partial charge in [0.15, 0.2) is 5.82 Å². The van der Waals surface area contributed by atoms with Crippen molar-refractivity contribution in [2.24, 2.45) is 0 Å². The van der Waals surface area contributed by atoms with Crippen LogP contribution < -0.4 is 5.32 Å². The van der Waals surface area contributed by atoms with Crippen LogP contribution in [0.4, 0.5) is 10.3 Å². The molecule has 2 rings (SSSR count). The molecule has 5 heteroatoms. The molecule has 0 saturated carbocycles. The number of anilines is 1. The Kier molecular flexibility index (Phi) is 3.81. The fourth-order valence-corrected chi connectivity index (χ4v) is 2.41. The Morgan fingerprint density at radius 2 is 2.06 bits per heavy atom. The van der Waals surface area contributed by atoms with Crippen LogP contribution in [0.25, 0.3) is 0 Å². The molecule has 94 valence electrons. The first-order valence-electron chi connectivity index (χ1n) is 5.55. The Balaban J connectivity index is 2.33. The third-order valence-electron chi connectivity index (χ3n) is 2.47. The Morgan fingerprint density at radius 1 is 1.28 bits per heavy atom. The van der Waals surface area contributed by atoms with Crippen molar-refractivity contribution in [3.63, 3.8) is 0 Å². The second kappa shape index (κ2) is 5.35. The molecule has 0 aliphatic rings. The number of rotatable bonds is 3. The highest BCUT2D eigenvalue weighted by molar-refractivity contribution is 7.99. The summed E-state index contributed by atoms with van der Waals surface area (Å²) in [6.45, 7) is 4.04. The summed E-state index contributed by atoms with van der Waals surface area (Å²) in [6, 6.07) is 6.06. The Hall–Kier alpha value is -1.62. The molecule has 0 fully saturated rings. The highest BCUT2D eigenvalue weighted by Crippen LogP contribution is 2.31. The molecule has 3 nitrogen and oxygen atoms in total. The highest BCUT2D eigenvalue weighted by Gasteiger charge is 2.09. The van der Waals surface area contributed by atoms with Gasteiger partial charge in [-0.25, -0.2) is 14.4 Å². The zero-order valence-corrected chi connectivity index (χ0v) is 11.3. The van der Waals surface area contributed by atoms with Crippen LogP contribution in [0.2, 0.25) is 0 Å². The Labute approximate surface area is 110 Å². The van der Waals surface area contributed by atoms with Gasteiger partial charge < -0.3 is 5.32 Å². The molecule has 0 bridgehead atoms. The van der Waals surface area contributed by atoms with E-state index in [1.165, 1.54) is 23.5 Å². The zero-order chi connectivity index (χ0) is 13.1. The van der Waals surface area contributed by atoms with Crippen LogP contribution in [0, 0.1) is 19.7 Å². The first-order chi connectivity index (χ1) is 8.60. The summed E-state index contributed by atoms with van der Waals surface area (Å²) in [7, 11) is 1.71. The Morgan fingerprint density at radius 3 is 2.72 bits per heavy atom.